The summed E-state index contributed by atoms with van der Waals surface area (Å²) in [6.45, 7) is 3.96. The van der Waals surface area contributed by atoms with E-state index in [0.29, 0.717) is 17.9 Å². The fourth-order valence-corrected chi connectivity index (χ4v) is 2.13. The number of aliphatic hydroxyl groups is 1. The minimum atomic E-state index is -0.522. The van der Waals surface area contributed by atoms with Crippen molar-refractivity contribution in [3.05, 3.63) is 52.8 Å². The van der Waals surface area contributed by atoms with Gasteiger partial charge in [-0.15, -0.1) is 0 Å². The molecular weight excluding hydrogens is 274 g/mol. The largest absolute Gasteiger partial charge is 0.456 e. The molecule has 0 unspecified atom stereocenters. The topological polar surface area (TPSA) is 42.4 Å². The molecule has 0 fully saturated rings. The van der Waals surface area contributed by atoms with Crippen molar-refractivity contribution < 1.29 is 9.84 Å². The summed E-state index contributed by atoms with van der Waals surface area (Å²) in [6, 6.07) is 9.17. The lowest BCUT2D eigenvalue weighted by atomic mass is 10.1. The molecule has 4 heteroatoms. The lowest BCUT2D eigenvalue weighted by molar-refractivity contribution is 0.169. The van der Waals surface area contributed by atoms with Gasteiger partial charge in [0.1, 0.15) is 11.5 Å². The van der Waals surface area contributed by atoms with E-state index in [2.05, 4.69) is 4.98 Å². The third kappa shape index (κ3) is 3.50. The molecular formula is C16H18ClNO2. The van der Waals surface area contributed by atoms with E-state index in [1.54, 1.807) is 18.3 Å². The average molecular weight is 292 g/mol. The second-order valence-electron chi connectivity index (χ2n) is 4.55. The average Bonchev–Trinajstić information content (AvgIpc) is 2.49. The fourth-order valence-electron chi connectivity index (χ4n) is 1.88. The third-order valence-electron chi connectivity index (χ3n) is 3.12. The molecule has 0 aliphatic heterocycles. The summed E-state index contributed by atoms with van der Waals surface area (Å²) in [5, 5.41) is 10.4. The van der Waals surface area contributed by atoms with Crippen molar-refractivity contribution in [1.29, 1.82) is 0 Å². The van der Waals surface area contributed by atoms with Crippen molar-refractivity contribution >= 4 is 11.6 Å². The highest BCUT2D eigenvalue weighted by molar-refractivity contribution is 6.31. The van der Waals surface area contributed by atoms with Crippen molar-refractivity contribution in [2.24, 2.45) is 0 Å². The molecule has 0 amide bonds. The van der Waals surface area contributed by atoms with Crippen LogP contribution in [0.3, 0.4) is 0 Å². The molecule has 106 valence electrons. The fraction of sp³-hybridized carbons (Fsp3) is 0.312. The second kappa shape index (κ2) is 6.73. The van der Waals surface area contributed by atoms with Crippen LogP contribution in [0.5, 0.6) is 11.5 Å². The van der Waals surface area contributed by atoms with Crippen LogP contribution >= 0.6 is 11.6 Å². The SMILES string of the molecule is CCc1cc(Oc2ccc([C@@H](O)CC)nc2)ccc1Cl. The van der Waals surface area contributed by atoms with Crippen LogP contribution in [0.4, 0.5) is 0 Å². The Morgan fingerprint density at radius 2 is 1.95 bits per heavy atom. The van der Waals surface area contributed by atoms with Crippen LogP contribution in [0.25, 0.3) is 0 Å². The van der Waals surface area contributed by atoms with Crippen LogP contribution in [0, 0.1) is 0 Å². The molecule has 0 spiro atoms. The molecule has 0 saturated heterocycles. The van der Waals surface area contributed by atoms with Gasteiger partial charge >= 0.3 is 0 Å². The first-order chi connectivity index (χ1) is 9.63. The maximum absolute atomic E-state index is 9.69. The van der Waals surface area contributed by atoms with Crippen molar-refractivity contribution in [2.45, 2.75) is 32.8 Å². The van der Waals surface area contributed by atoms with Gasteiger partial charge in [-0.1, -0.05) is 25.4 Å². The number of rotatable bonds is 5. The molecule has 0 aliphatic rings. The Morgan fingerprint density at radius 3 is 2.55 bits per heavy atom. The number of halogens is 1. The van der Waals surface area contributed by atoms with E-state index < -0.39 is 6.10 Å². The molecule has 1 aromatic carbocycles. The summed E-state index contributed by atoms with van der Waals surface area (Å²) in [5.41, 5.74) is 1.71. The summed E-state index contributed by atoms with van der Waals surface area (Å²) in [7, 11) is 0. The Kier molecular flexibility index (Phi) is 4.99. The number of hydrogen-bond acceptors (Lipinski definition) is 3. The standard InChI is InChI=1S/C16H18ClNO2/c1-3-11-9-12(5-7-14(11)17)20-13-6-8-15(18-10-13)16(19)4-2/h5-10,16,19H,3-4H2,1-2H3/t16-/m0/s1. The Labute approximate surface area is 124 Å². The molecule has 1 aromatic heterocycles. The molecule has 0 radical (unpaired) electrons. The van der Waals surface area contributed by atoms with E-state index in [1.165, 1.54) is 0 Å². The number of aliphatic hydroxyl groups excluding tert-OH is 1. The Morgan fingerprint density at radius 1 is 1.20 bits per heavy atom. The van der Waals surface area contributed by atoms with Gasteiger partial charge in [0.15, 0.2) is 0 Å². The summed E-state index contributed by atoms with van der Waals surface area (Å²) in [4.78, 5) is 4.20. The van der Waals surface area contributed by atoms with Crippen LogP contribution < -0.4 is 4.74 Å². The van der Waals surface area contributed by atoms with Crippen molar-refractivity contribution in [2.75, 3.05) is 0 Å². The van der Waals surface area contributed by atoms with E-state index in [9.17, 15) is 5.11 Å². The maximum Gasteiger partial charge on any atom is 0.145 e. The predicted molar refractivity (Wildman–Crippen MR) is 80.4 cm³/mol. The molecule has 2 rings (SSSR count). The van der Waals surface area contributed by atoms with Gasteiger partial charge in [0.25, 0.3) is 0 Å². The minimum Gasteiger partial charge on any atom is -0.456 e. The van der Waals surface area contributed by atoms with Crippen molar-refractivity contribution in [1.82, 2.24) is 4.98 Å². The first-order valence-electron chi connectivity index (χ1n) is 6.74. The Balaban J connectivity index is 2.14. The van der Waals surface area contributed by atoms with Crippen LogP contribution in [-0.2, 0) is 6.42 Å². The molecule has 0 saturated carbocycles. The zero-order valence-corrected chi connectivity index (χ0v) is 12.4. The third-order valence-corrected chi connectivity index (χ3v) is 3.49. The highest BCUT2D eigenvalue weighted by Gasteiger charge is 2.07. The lowest BCUT2D eigenvalue weighted by Gasteiger charge is -2.10. The first-order valence-corrected chi connectivity index (χ1v) is 7.12. The van der Waals surface area contributed by atoms with Gasteiger partial charge in [-0.3, -0.25) is 4.98 Å². The number of aromatic nitrogens is 1. The van der Waals surface area contributed by atoms with Gasteiger partial charge in [-0.2, -0.15) is 0 Å². The maximum atomic E-state index is 9.69. The summed E-state index contributed by atoms with van der Waals surface area (Å²) in [5.74, 6) is 1.37. The number of pyridine rings is 1. The predicted octanol–water partition coefficient (Wildman–Crippen LogP) is 4.53. The highest BCUT2D eigenvalue weighted by Crippen LogP contribution is 2.27. The summed E-state index contributed by atoms with van der Waals surface area (Å²) >= 11 is 6.08. The molecule has 20 heavy (non-hydrogen) atoms. The second-order valence-corrected chi connectivity index (χ2v) is 4.96. The van der Waals surface area contributed by atoms with Crippen LogP contribution in [0.2, 0.25) is 5.02 Å². The molecule has 0 aliphatic carbocycles. The van der Waals surface area contributed by atoms with E-state index in [4.69, 9.17) is 16.3 Å². The van der Waals surface area contributed by atoms with Crippen molar-refractivity contribution in [3.63, 3.8) is 0 Å². The number of nitrogens with zero attached hydrogens (tertiary/aromatic N) is 1. The zero-order valence-electron chi connectivity index (χ0n) is 11.6. The van der Waals surface area contributed by atoms with Crippen molar-refractivity contribution in [3.8, 4) is 11.5 Å². The van der Waals surface area contributed by atoms with E-state index >= 15 is 0 Å². The van der Waals surface area contributed by atoms with E-state index in [-0.39, 0.29) is 0 Å². The Hall–Kier alpha value is -1.58. The van der Waals surface area contributed by atoms with Crippen LogP contribution in [0.15, 0.2) is 36.5 Å². The van der Waals surface area contributed by atoms with Gasteiger partial charge in [-0.25, -0.2) is 0 Å². The quantitative estimate of drug-likeness (QED) is 0.880. The van der Waals surface area contributed by atoms with Crippen LogP contribution in [-0.4, -0.2) is 10.1 Å². The van der Waals surface area contributed by atoms with Gasteiger partial charge in [0, 0.05) is 5.02 Å². The first kappa shape index (κ1) is 14.8. The highest BCUT2D eigenvalue weighted by atomic mass is 35.5. The zero-order chi connectivity index (χ0) is 14.5. The summed E-state index contributed by atoms with van der Waals surface area (Å²) in [6.07, 6.45) is 2.60. The smallest absolute Gasteiger partial charge is 0.145 e. The molecule has 3 nitrogen and oxygen atoms in total. The molecule has 0 bridgehead atoms. The number of hydrogen-bond donors (Lipinski definition) is 1. The summed E-state index contributed by atoms with van der Waals surface area (Å²) < 4.78 is 5.74. The van der Waals surface area contributed by atoms with E-state index in [1.807, 2.05) is 32.0 Å². The van der Waals surface area contributed by atoms with Crippen LogP contribution in [0.1, 0.15) is 37.6 Å². The lowest BCUT2D eigenvalue weighted by Crippen LogP contribution is -1.98. The minimum absolute atomic E-state index is 0.522. The molecule has 1 heterocycles. The van der Waals surface area contributed by atoms with Gasteiger partial charge in [0.05, 0.1) is 18.0 Å². The van der Waals surface area contributed by atoms with Gasteiger partial charge in [0.2, 0.25) is 0 Å². The monoisotopic (exact) mass is 291 g/mol. The number of benzene rings is 1. The molecule has 1 atom stereocenters. The number of ether oxygens (including phenoxy) is 1. The Bertz CT molecular complexity index is 569. The van der Waals surface area contributed by atoms with Gasteiger partial charge < -0.3 is 9.84 Å². The van der Waals surface area contributed by atoms with E-state index in [0.717, 1.165) is 22.8 Å². The van der Waals surface area contributed by atoms with Gasteiger partial charge in [-0.05, 0) is 48.7 Å². The normalized spacial score (nSPS) is 12.2. The molecule has 1 N–H and O–H groups in total. The number of aryl methyl sites for hydroxylation is 1. The molecule has 2 aromatic rings.